The summed E-state index contributed by atoms with van der Waals surface area (Å²) in [6, 6.07) is 3.76. The molecule has 0 fully saturated rings. The van der Waals surface area contributed by atoms with E-state index in [2.05, 4.69) is 24.1 Å². The minimum atomic E-state index is -0.503. The monoisotopic (exact) mass is 279 g/mol. The lowest BCUT2D eigenvalue weighted by atomic mass is 10.2. The Morgan fingerprint density at radius 3 is 2.55 bits per heavy atom. The molecule has 5 nitrogen and oxygen atoms in total. The number of hydrogen-bond acceptors (Lipinski definition) is 4. The minimum absolute atomic E-state index is 0.0623. The highest BCUT2D eigenvalue weighted by Gasteiger charge is 2.16. The lowest BCUT2D eigenvalue weighted by Crippen LogP contribution is -2.35. The van der Waals surface area contributed by atoms with Crippen molar-refractivity contribution in [1.29, 1.82) is 0 Å². The summed E-state index contributed by atoms with van der Waals surface area (Å²) >= 11 is 0. The zero-order valence-electron chi connectivity index (χ0n) is 13.0. The van der Waals surface area contributed by atoms with Crippen molar-refractivity contribution in [2.75, 3.05) is 20.6 Å². The lowest BCUT2D eigenvalue weighted by Gasteiger charge is -2.18. The molecule has 1 unspecified atom stereocenters. The van der Waals surface area contributed by atoms with Crippen molar-refractivity contribution >= 4 is 5.91 Å². The molecular weight excluding hydrogens is 254 g/mol. The summed E-state index contributed by atoms with van der Waals surface area (Å²) in [6.45, 7) is 7.78. The van der Waals surface area contributed by atoms with Gasteiger partial charge in [0.05, 0.1) is 11.9 Å². The molecule has 0 aliphatic carbocycles. The third-order valence-corrected chi connectivity index (χ3v) is 2.76. The van der Waals surface area contributed by atoms with Gasteiger partial charge in [-0.1, -0.05) is 13.8 Å². The summed E-state index contributed by atoms with van der Waals surface area (Å²) in [5, 5.41) is 3.33. The van der Waals surface area contributed by atoms with Crippen LogP contribution in [0.2, 0.25) is 0 Å². The number of carbonyl (C=O) groups excluding carboxylic acids is 1. The molecule has 1 aromatic heterocycles. The van der Waals surface area contributed by atoms with E-state index in [1.807, 2.05) is 12.1 Å². The SMILES string of the molecule is CC(C)CNCc1ccc(OC(C)C(=O)N(C)C)cn1. The third kappa shape index (κ3) is 5.57. The number of hydrogen-bond donors (Lipinski definition) is 1. The highest BCUT2D eigenvalue weighted by Crippen LogP contribution is 2.12. The molecule has 1 aromatic rings. The highest BCUT2D eigenvalue weighted by molar-refractivity contribution is 5.80. The Morgan fingerprint density at radius 2 is 2.05 bits per heavy atom. The van der Waals surface area contributed by atoms with Gasteiger partial charge in [-0.05, 0) is 31.5 Å². The molecule has 5 heteroatoms. The Labute approximate surface area is 121 Å². The maximum absolute atomic E-state index is 11.7. The van der Waals surface area contributed by atoms with E-state index in [4.69, 9.17) is 4.74 Å². The average molecular weight is 279 g/mol. The van der Waals surface area contributed by atoms with Gasteiger partial charge in [-0.3, -0.25) is 9.78 Å². The standard InChI is InChI=1S/C15H25N3O2/c1-11(2)8-16-9-13-6-7-14(10-17-13)20-12(3)15(19)18(4)5/h6-7,10-12,16H,8-9H2,1-5H3. The predicted molar refractivity (Wildman–Crippen MR) is 79.6 cm³/mol. The molecule has 0 bridgehead atoms. The fourth-order valence-electron chi connectivity index (χ4n) is 1.69. The average Bonchev–Trinajstić information content (AvgIpc) is 2.39. The van der Waals surface area contributed by atoms with Crippen LogP contribution < -0.4 is 10.1 Å². The number of aromatic nitrogens is 1. The van der Waals surface area contributed by atoms with E-state index in [0.29, 0.717) is 11.7 Å². The topological polar surface area (TPSA) is 54.5 Å². The van der Waals surface area contributed by atoms with Gasteiger partial charge < -0.3 is 15.0 Å². The zero-order valence-corrected chi connectivity index (χ0v) is 13.0. The summed E-state index contributed by atoms with van der Waals surface area (Å²) < 4.78 is 5.56. The molecule has 0 spiro atoms. The van der Waals surface area contributed by atoms with Crippen LogP contribution in [-0.4, -0.2) is 42.5 Å². The Kier molecular flexibility index (Phi) is 6.45. The number of nitrogens with one attached hydrogen (secondary N) is 1. The lowest BCUT2D eigenvalue weighted by molar-refractivity contribution is -0.135. The summed E-state index contributed by atoms with van der Waals surface area (Å²) in [4.78, 5) is 17.5. The third-order valence-electron chi connectivity index (χ3n) is 2.76. The molecule has 112 valence electrons. The molecule has 1 atom stereocenters. The van der Waals surface area contributed by atoms with Gasteiger partial charge in [0.15, 0.2) is 6.10 Å². The maximum Gasteiger partial charge on any atom is 0.262 e. The van der Waals surface area contributed by atoms with E-state index in [1.165, 1.54) is 4.90 Å². The molecule has 0 aromatic carbocycles. The largest absolute Gasteiger partial charge is 0.479 e. The van der Waals surface area contributed by atoms with Crippen molar-refractivity contribution in [3.63, 3.8) is 0 Å². The Morgan fingerprint density at radius 1 is 1.35 bits per heavy atom. The van der Waals surface area contributed by atoms with Gasteiger partial charge in [0.25, 0.3) is 5.91 Å². The summed E-state index contributed by atoms with van der Waals surface area (Å²) in [5.74, 6) is 1.17. The first-order chi connectivity index (χ1) is 9.40. The predicted octanol–water partition coefficient (Wildman–Crippen LogP) is 1.68. The first-order valence-electron chi connectivity index (χ1n) is 6.93. The van der Waals surface area contributed by atoms with E-state index < -0.39 is 6.10 Å². The van der Waals surface area contributed by atoms with Crippen LogP contribution in [0, 0.1) is 5.92 Å². The van der Waals surface area contributed by atoms with Crippen molar-refractivity contribution < 1.29 is 9.53 Å². The molecule has 1 amide bonds. The van der Waals surface area contributed by atoms with Gasteiger partial charge in [-0.25, -0.2) is 0 Å². The molecule has 1 N–H and O–H groups in total. The van der Waals surface area contributed by atoms with Crippen molar-refractivity contribution in [2.45, 2.75) is 33.4 Å². The smallest absolute Gasteiger partial charge is 0.262 e. The number of likely N-dealkylation sites (N-methyl/N-ethyl adjacent to an activating group) is 1. The van der Waals surface area contributed by atoms with Crippen molar-refractivity contribution in [1.82, 2.24) is 15.2 Å². The van der Waals surface area contributed by atoms with E-state index >= 15 is 0 Å². The van der Waals surface area contributed by atoms with Crippen LogP contribution >= 0.6 is 0 Å². The minimum Gasteiger partial charge on any atom is -0.479 e. The number of rotatable bonds is 7. The molecule has 1 heterocycles. The Hall–Kier alpha value is -1.62. The van der Waals surface area contributed by atoms with Gasteiger partial charge >= 0.3 is 0 Å². The van der Waals surface area contributed by atoms with Gasteiger partial charge in [0.2, 0.25) is 0 Å². The quantitative estimate of drug-likeness (QED) is 0.825. The van der Waals surface area contributed by atoms with Crippen molar-refractivity contribution in [3.8, 4) is 5.75 Å². The first kappa shape index (κ1) is 16.4. The molecule has 20 heavy (non-hydrogen) atoms. The van der Waals surface area contributed by atoms with Gasteiger partial charge in [0.1, 0.15) is 5.75 Å². The second kappa shape index (κ2) is 7.85. The van der Waals surface area contributed by atoms with Crippen molar-refractivity contribution in [3.05, 3.63) is 24.0 Å². The molecule has 0 aliphatic heterocycles. The van der Waals surface area contributed by atoms with Crippen LogP contribution in [0.3, 0.4) is 0 Å². The molecule has 0 aliphatic rings. The van der Waals surface area contributed by atoms with Crippen LogP contribution in [0.15, 0.2) is 18.3 Å². The number of ether oxygens (including phenoxy) is 1. The fourth-order valence-corrected chi connectivity index (χ4v) is 1.69. The molecule has 1 rings (SSSR count). The Bertz CT molecular complexity index is 416. The summed E-state index contributed by atoms with van der Waals surface area (Å²) in [6.07, 6.45) is 1.16. The second-order valence-electron chi connectivity index (χ2n) is 5.50. The summed E-state index contributed by atoms with van der Waals surface area (Å²) in [5.41, 5.74) is 0.963. The van der Waals surface area contributed by atoms with E-state index in [9.17, 15) is 4.79 Å². The number of amides is 1. The van der Waals surface area contributed by atoms with Crippen LogP contribution in [0.4, 0.5) is 0 Å². The van der Waals surface area contributed by atoms with Crippen LogP contribution in [0.1, 0.15) is 26.5 Å². The van der Waals surface area contributed by atoms with Crippen LogP contribution in [0.5, 0.6) is 5.75 Å². The van der Waals surface area contributed by atoms with Crippen LogP contribution in [0.25, 0.3) is 0 Å². The van der Waals surface area contributed by atoms with E-state index in [0.717, 1.165) is 18.8 Å². The molecule has 0 radical (unpaired) electrons. The molecule has 0 saturated heterocycles. The fraction of sp³-hybridized carbons (Fsp3) is 0.600. The highest BCUT2D eigenvalue weighted by atomic mass is 16.5. The molecular formula is C15H25N3O2. The summed E-state index contributed by atoms with van der Waals surface area (Å²) in [7, 11) is 3.42. The van der Waals surface area contributed by atoms with Crippen LogP contribution in [-0.2, 0) is 11.3 Å². The number of carbonyl (C=O) groups is 1. The number of pyridine rings is 1. The normalized spacial score (nSPS) is 12.3. The van der Waals surface area contributed by atoms with E-state index in [1.54, 1.807) is 27.2 Å². The molecule has 0 saturated carbocycles. The second-order valence-corrected chi connectivity index (χ2v) is 5.50. The van der Waals surface area contributed by atoms with E-state index in [-0.39, 0.29) is 5.91 Å². The Balaban J connectivity index is 2.48. The van der Waals surface area contributed by atoms with Crippen molar-refractivity contribution in [2.24, 2.45) is 5.92 Å². The van der Waals surface area contributed by atoms with Gasteiger partial charge in [-0.2, -0.15) is 0 Å². The zero-order chi connectivity index (χ0) is 15.1. The number of nitrogens with zero attached hydrogens (tertiary/aromatic N) is 2. The van der Waals surface area contributed by atoms with Gasteiger partial charge in [-0.15, -0.1) is 0 Å². The van der Waals surface area contributed by atoms with Gasteiger partial charge in [0, 0.05) is 20.6 Å². The first-order valence-corrected chi connectivity index (χ1v) is 6.93. The maximum atomic E-state index is 11.7.